The van der Waals surface area contributed by atoms with Crippen molar-refractivity contribution in [3.63, 3.8) is 0 Å². The van der Waals surface area contributed by atoms with E-state index in [1.54, 1.807) is 17.1 Å². The summed E-state index contributed by atoms with van der Waals surface area (Å²) in [6.07, 6.45) is 3.80. The molecule has 1 heterocycles. The van der Waals surface area contributed by atoms with Gasteiger partial charge in [0, 0.05) is 26.1 Å². The molecule has 0 radical (unpaired) electrons. The van der Waals surface area contributed by atoms with Crippen LogP contribution >= 0.6 is 0 Å². The van der Waals surface area contributed by atoms with Crippen LogP contribution in [-0.4, -0.2) is 45.8 Å². The van der Waals surface area contributed by atoms with Crippen molar-refractivity contribution in [1.29, 1.82) is 0 Å². The van der Waals surface area contributed by atoms with Crippen LogP contribution in [0.15, 0.2) is 23.7 Å². The third kappa shape index (κ3) is 3.53. The number of hydrogen-bond donors (Lipinski definition) is 4. The van der Waals surface area contributed by atoms with Gasteiger partial charge in [-0.3, -0.25) is 0 Å². The number of aliphatic hydroxyl groups is 2. The zero-order chi connectivity index (χ0) is 15.6. The summed E-state index contributed by atoms with van der Waals surface area (Å²) in [6.45, 7) is 2.44. The highest BCUT2D eigenvalue weighted by Crippen LogP contribution is 2.31. The number of nitrogens with zero attached hydrogens (tertiary/aromatic N) is 4. The van der Waals surface area contributed by atoms with Gasteiger partial charge in [-0.2, -0.15) is 15.0 Å². The number of nitrogens with one attached hydrogen (secondary N) is 1. The van der Waals surface area contributed by atoms with Crippen LogP contribution in [0.2, 0.25) is 0 Å². The molecule has 1 atom stereocenters. The predicted molar refractivity (Wildman–Crippen MR) is 81.2 cm³/mol. The predicted octanol–water partition coefficient (Wildman–Crippen LogP) is 1.23. The monoisotopic (exact) mass is 292 g/mol. The molecule has 0 aromatic carbocycles. The molecule has 0 spiro atoms. The molecule has 1 aliphatic carbocycles. The van der Waals surface area contributed by atoms with E-state index in [4.69, 9.17) is 5.73 Å². The van der Waals surface area contributed by atoms with Crippen molar-refractivity contribution in [2.45, 2.75) is 13.3 Å². The highest BCUT2D eigenvalue weighted by molar-refractivity contribution is 5.41. The van der Waals surface area contributed by atoms with Crippen LogP contribution in [-0.2, 0) is 0 Å². The number of aliphatic hydroxyl groups excluding tert-OH is 2. The molecule has 114 valence electrons. The Morgan fingerprint density at radius 2 is 2.00 bits per heavy atom. The number of nitrogen functional groups attached to an aromatic ring is 1. The number of allylic oxidation sites excluding steroid dienone is 1. The normalized spacial score (nSPS) is 21.5. The van der Waals surface area contributed by atoms with E-state index < -0.39 is 0 Å². The van der Waals surface area contributed by atoms with Gasteiger partial charge in [0.25, 0.3) is 0 Å². The Morgan fingerprint density at radius 1 is 1.29 bits per heavy atom. The van der Waals surface area contributed by atoms with E-state index in [0.29, 0.717) is 24.9 Å². The molecule has 21 heavy (non-hydrogen) atoms. The van der Waals surface area contributed by atoms with Crippen LogP contribution in [0.3, 0.4) is 0 Å². The van der Waals surface area contributed by atoms with Crippen LogP contribution in [0, 0.1) is 5.41 Å². The maximum Gasteiger partial charge on any atom is 0.231 e. The average Bonchev–Trinajstić information content (AvgIpc) is 2.41. The Balaban J connectivity index is 2.10. The minimum Gasteiger partial charge on any atom is -0.504 e. The lowest BCUT2D eigenvalue weighted by Gasteiger charge is -2.28. The minimum atomic E-state index is -0.351. The fraction of sp³-hybridized carbons (Fsp3) is 0.462. The molecule has 0 saturated carbocycles. The van der Waals surface area contributed by atoms with Crippen molar-refractivity contribution in [1.82, 2.24) is 15.0 Å². The fourth-order valence-electron chi connectivity index (χ4n) is 1.96. The summed E-state index contributed by atoms with van der Waals surface area (Å²) < 4.78 is 0. The summed E-state index contributed by atoms with van der Waals surface area (Å²) in [4.78, 5) is 14.0. The van der Waals surface area contributed by atoms with Crippen LogP contribution < -0.4 is 16.0 Å². The van der Waals surface area contributed by atoms with Gasteiger partial charge in [-0.15, -0.1) is 0 Å². The first-order valence-corrected chi connectivity index (χ1v) is 6.53. The molecule has 0 amide bonds. The summed E-state index contributed by atoms with van der Waals surface area (Å²) in [5.74, 6) is 0.774. The van der Waals surface area contributed by atoms with Gasteiger partial charge in [-0.05, 0) is 18.6 Å². The first kappa shape index (κ1) is 14.9. The van der Waals surface area contributed by atoms with Gasteiger partial charge in [0.05, 0.1) is 0 Å². The van der Waals surface area contributed by atoms with Gasteiger partial charge < -0.3 is 26.2 Å². The number of nitrogens with two attached hydrogens (primary N) is 1. The molecule has 1 aromatic rings. The van der Waals surface area contributed by atoms with E-state index in [2.05, 4.69) is 20.3 Å². The van der Waals surface area contributed by atoms with Gasteiger partial charge >= 0.3 is 0 Å². The first-order chi connectivity index (χ1) is 9.79. The van der Waals surface area contributed by atoms with Gasteiger partial charge in [-0.25, -0.2) is 0 Å². The van der Waals surface area contributed by atoms with Crippen molar-refractivity contribution in [3.8, 4) is 0 Å². The van der Waals surface area contributed by atoms with E-state index in [9.17, 15) is 10.2 Å². The van der Waals surface area contributed by atoms with E-state index in [0.717, 1.165) is 0 Å². The second-order valence-corrected chi connectivity index (χ2v) is 5.54. The Labute approximate surface area is 123 Å². The summed E-state index contributed by atoms with van der Waals surface area (Å²) in [5.41, 5.74) is 5.30. The maximum absolute atomic E-state index is 9.62. The Morgan fingerprint density at radius 3 is 2.62 bits per heavy atom. The minimum absolute atomic E-state index is 0.0909. The van der Waals surface area contributed by atoms with Crippen LogP contribution in [0.1, 0.15) is 13.3 Å². The number of rotatable bonds is 4. The maximum atomic E-state index is 9.62. The molecule has 1 aliphatic rings. The third-order valence-corrected chi connectivity index (χ3v) is 3.20. The van der Waals surface area contributed by atoms with Crippen LogP contribution in [0.25, 0.3) is 0 Å². The number of aromatic nitrogens is 3. The standard InChI is InChI=1S/C13H20N6O2/c1-13(5-4-8(20)9(21)6-13)7-15-11-16-10(14)17-12(18-11)19(2)3/h4,6,20-21H,5,7H2,1-3H3,(H3,14,15,16,17,18). The second kappa shape index (κ2) is 5.47. The topological polar surface area (TPSA) is 120 Å². The summed E-state index contributed by atoms with van der Waals surface area (Å²) in [7, 11) is 3.63. The van der Waals surface area contributed by atoms with Crippen molar-refractivity contribution >= 4 is 17.8 Å². The van der Waals surface area contributed by atoms with Crippen molar-refractivity contribution in [3.05, 3.63) is 23.7 Å². The highest BCUT2D eigenvalue weighted by atomic mass is 16.3. The van der Waals surface area contributed by atoms with Crippen LogP contribution in [0.4, 0.5) is 17.8 Å². The van der Waals surface area contributed by atoms with E-state index >= 15 is 0 Å². The summed E-state index contributed by atoms with van der Waals surface area (Å²) in [6, 6.07) is 0. The van der Waals surface area contributed by atoms with E-state index in [1.165, 1.54) is 0 Å². The van der Waals surface area contributed by atoms with Gasteiger partial charge in [0.2, 0.25) is 17.8 Å². The summed E-state index contributed by atoms with van der Waals surface area (Å²) in [5, 5.41) is 22.1. The highest BCUT2D eigenvalue weighted by Gasteiger charge is 2.26. The zero-order valence-electron chi connectivity index (χ0n) is 12.3. The fourth-order valence-corrected chi connectivity index (χ4v) is 1.96. The van der Waals surface area contributed by atoms with Crippen LogP contribution in [0.5, 0.6) is 0 Å². The van der Waals surface area contributed by atoms with E-state index in [1.807, 2.05) is 21.0 Å². The molecule has 1 unspecified atom stereocenters. The Hall–Kier alpha value is -2.51. The molecule has 8 nitrogen and oxygen atoms in total. The van der Waals surface area contributed by atoms with Gasteiger partial charge in [0.15, 0.2) is 11.5 Å². The average molecular weight is 292 g/mol. The number of anilines is 3. The molecule has 0 bridgehead atoms. The molecule has 8 heteroatoms. The van der Waals surface area contributed by atoms with Crippen molar-refractivity contribution in [2.24, 2.45) is 5.41 Å². The lowest BCUT2D eigenvalue weighted by Crippen LogP contribution is -2.28. The zero-order valence-corrected chi connectivity index (χ0v) is 12.3. The SMILES string of the molecule is CN(C)c1nc(N)nc(NCC2(C)C=C(O)C(O)=CC2)n1. The smallest absolute Gasteiger partial charge is 0.231 e. The molecule has 5 N–H and O–H groups in total. The molecule has 0 fully saturated rings. The van der Waals surface area contributed by atoms with Crippen molar-refractivity contribution < 1.29 is 10.2 Å². The third-order valence-electron chi connectivity index (χ3n) is 3.20. The van der Waals surface area contributed by atoms with Crippen molar-refractivity contribution in [2.75, 3.05) is 36.6 Å². The Bertz CT molecular complexity index is 598. The molecule has 2 rings (SSSR count). The van der Waals surface area contributed by atoms with Gasteiger partial charge in [0.1, 0.15) is 0 Å². The van der Waals surface area contributed by atoms with E-state index in [-0.39, 0.29) is 22.9 Å². The van der Waals surface area contributed by atoms with Gasteiger partial charge in [-0.1, -0.05) is 6.92 Å². The molecule has 0 saturated heterocycles. The Kier molecular flexibility index (Phi) is 3.88. The lowest BCUT2D eigenvalue weighted by atomic mass is 9.83. The summed E-state index contributed by atoms with van der Waals surface area (Å²) >= 11 is 0. The molecular weight excluding hydrogens is 272 g/mol. The second-order valence-electron chi connectivity index (χ2n) is 5.54. The number of hydrogen-bond acceptors (Lipinski definition) is 8. The molecular formula is C13H20N6O2. The molecule has 1 aromatic heterocycles. The lowest BCUT2D eigenvalue weighted by molar-refractivity contribution is 0.295. The molecule has 0 aliphatic heterocycles. The first-order valence-electron chi connectivity index (χ1n) is 6.53. The quantitative estimate of drug-likeness (QED) is 0.654. The largest absolute Gasteiger partial charge is 0.504 e.